The number of piperidine rings is 1. The van der Waals surface area contributed by atoms with Crippen molar-refractivity contribution in [1.82, 2.24) is 19.8 Å². The van der Waals surface area contributed by atoms with E-state index in [-0.39, 0.29) is 56.3 Å². The summed E-state index contributed by atoms with van der Waals surface area (Å²) in [5, 5.41) is 0.459. The maximum Gasteiger partial charge on any atom is 0.471 e. The molecule has 0 spiro atoms. The number of ether oxygens (including phenoxy) is 1. The number of carbonyl (C=O) groups is 3. The molecule has 2 aliphatic heterocycles. The van der Waals surface area contributed by atoms with E-state index in [0.29, 0.717) is 28.2 Å². The van der Waals surface area contributed by atoms with Crippen LogP contribution in [-0.2, 0) is 32.1 Å². The molecule has 0 radical (unpaired) electrons. The van der Waals surface area contributed by atoms with E-state index < -0.39 is 18.2 Å². The van der Waals surface area contributed by atoms with Crippen molar-refractivity contribution in [1.29, 1.82) is 0 Å². The van der Waals surface area contributed by atoms with Gasteiger partial charge in [-0.2, -0.15) is 13.2 Å². The van der Waals surface area contributed by atoms with Crippen LogP contribution in [0.4, 0.5) is 13.2 Å². The molecule has 3 fully saturated rings. The minimum absolute atomic E-state index is 0.00382. The van der Waals surface area contributed by atoms with Gasteiger partial charge in [0.05, 0.1) is 47.0 Å². The minimum atomic E-state index is -4.95. The zero-order chi connectivity index (χ0) is 27.6. The summed E-state index contributed by atoms with van der Waals surface area (Å²) < 4.78 is 45.6. The maximum absolute atomic E-state index is 13.0. The molecule has 2 aromatic heterocycles. The fraction of sp³-hybridized carbons (Fsp3) is 0.423. The van der Waals surface area contributed by atoms with Crippen molar-refractivity contribution in [2.75, 3.05) is 19.7 Å². The van der Waals surface area contributed by atoms with Gasteiger partial charge in [0.2, 0.25) is 11.8 Å². The Labute approximate surface area is 229 Å². The highest BCUT2D eigenvalue weighted by atomic mass is 35.5. The van der Waals surface area contributed by atoms with Crippen molar-refractivity contribution in [3.05, 3.63) is 45.6 Å². The molecule has 1 aliphatic carbocycles. The Morgan fingerprint density at radius 2 is 1.92 bits per heavy atom. The van der Waals surface area contributed by atoms with Crippen molar-refractivity contribution < 1.29 is 32.3 Å². The number of alkyl halides is 3. The summed E-state index contributed by atoms with van der Waals surface area (Å²) in [7, 11) is 0. The van der Waals surface area contributed by atoms with Crippen LogP contribution in [0.25, 0.3) is 21.5 Å². The lowest BCUT2D eigenvalue weighted by Crippen LogP contribution is -2.50. The lowest BCUT2D eigenvalue weighted by atomic mass is 9.94. The number of aromatic nitrogens is 2. The normalized spacial score (nSPS) is 23.1. The summed E-state index contributed by atoms with van der Waals surface area (Å²) in [6, 6.07) is 5.33. The number of nitrogens with zero attached hydrogens (tertiary/aromatic N) is 4. The number of aryl methyl sites for hydroxylation is 1. The van der Waals surface area contributed by atoms with Crippen molar-refractivity contribution in [3.8, 4) is 11.3 Å². The highest BCUT2D eigenvalue weighted by molar-refractivity contribution is 7.19. The standard InChI is InChI=1S/C26H22ClF3N4O4S/c1-12-4-13(27)5-17(16(12)6-14-9-33(2-3-38-14)25(37)26(28,29)30)21-22-20(31-11-32-21)7-15(39-22)10-34-23(35)18-8-19(18)24(34)36/h4-5,7,11,14,18-19H,2-3,6,8-10H2,1H3/t14-,18?,19?/m1/s1. The number of amides is 3. The first-order chi connectivity index (χ1) is 18.5. The molecule has 3 aromatic rings. The summed E-state index contributed by atoms with van der Waals surface area (Å²) in [5.41, 5.74) is 3.49. The third-order valence-corrected chi connectivity index (χ3v) is 8.76. The largest absolute Gasteiger partial charge is 0.471 e. The van der Waals surface area contributed by atoms with Gasteiger partial charge in [-0.25, -0.2) is 9.97 Å². The van der Waals surface area contributed by atoms with Gasteiger partial charge >= 0.3 is 12.1 Å². The predicted molar refractivity (Wildman–Crippen MR) is 136 cm³/mol. The number of halogens is 4. The number of fused-ring (bicyclic) bond motifs is 2. The lowest BCUT2D eigenvalue weighted by molar-refractivity contribution is -0.191. The number of likely N-dealkylation sites (tertiary alicyclic amines) is 1. The number of rotatable bonds is 5. The summed E-state index contributed by atoms with van der Waals surface area (Å²) in [6.07, 6.45) is -3.31. The quantitative estimate of drug-likeness (QED) is 0.422. The summed E-state index contributed by atoms with van der Waals surface area (Å²) in [6.45, 7) is 1.69. The smallest absolute Gasteiger partial charge is 0.374 e. The molecule has 39 heavy (non-hydrogen) atoms. The monoisotopic (exact) mass is 578 g/mol. The number of hydrogen-bond acceptors (Lipinski definition) is 7. The second-order valence-corrected chi connectivity index (χ2v) is 11.6. The van der Waals surface area contributed by atoms with Gasteiger partial charge in [-0.1, -0.05) is 11.6 Å². The fourth-order valence-electron chi connectivity index (χ4n) is 5.42. The average molecular weight is 579 g/mol. The van der Waals surface area contributed by atoms with E-state index in [2.05, 4.69) is 9.97 Å². The van der Waals surface area contributed by atoms with Crippen molar-refractivity contribution in [3.63, 3.8) is 0 Å². The molecule has 0 bridgehead atoms. The van der Waals surface area contributed by atoms with E-state index in [9.17, 15) is 27.6 Å². The van der Waals surface area contributed by atoms with Crippen molar-refractivity contribution in [2.24, 2.45) is 11.8 Å². The van der Waals surface area contributed by atoms with Crippen LogP contribution in [-0.4, -0.2) is 69.5 Å². The van der Waals surface area contributed by atoms with Crippen LogP contribution in [0.1, 0.15) is 22.4 Å². The van der Waals surface area contributed by atoms with E-state index in [1.165, 1.54) is 22.6 Å². The first kappa shape index (κ1) is 26.1. The molecular weight excluding hydrogens is 557 g/mol. The minimum Gasteiger partial charge on any atom is -0.374 e. The highest BCUT2D eigenvalue weighted by Gasteiger charge is 2.58. The van der Waals surface area contributed by atoms with Crippen LogP contribution in [0, 0.1) is 18.8 Å². The zero-order valence-corrected chi connectivity index (χ0v) is 22.2. The molecule has 2 saturated heterocycles. The molecule has 3 atom stereocenters. The number of carbonyl (C=O) groups excluding carboxylic acids is 3. The van der Waals surface area contributed by atoms with Gasteiger partial charge in [0.15, 0.2) is 0 Å². The summed E-state index contributed by atoms with van der Waals surface area (Å²) in [4.78, 5) is 48.5. The molecule has 13 heteroatoms. The number of benzene rings is 1. The van der Waals surface area contributed by atoms with Crippen LogP contribution in [0.2, 0.25) is 5.02 Å². The fourth-order valence-corrected chi connectivity index (χ4v) is 6.80. The summed E-state index contributed by atoms with van der Waals surface area (Å²) in [5.74, 6) is -2.49. The Morgan fingerprint density at radius 3 is 2.64 bits per heavy atom. The predicted octanol–water partition coefficient (Wildman–Crippen LogP) is 4.16. The second kappa shape index (κ2) is 9.53. The topological polar surface area (TPSA) is 92.7 Å². The van der Waals surface area contributed by atoms with E-state index in [1.807, 2.05) is 13.0 Å². The molecular formula is C26H22ClF3N4O4S. The average Bonchev–Trinajstić information content (AvgIpc) is 3.52. The van der Waals surface area contributed by atoms with E-state index in [1.54, 1.807) is 12.1 Å². The van der Waals surface area contributed by atoms with E-state index >= 15 is 0 Å². The number of imide groups is 1. The molecule has 2 unspecified atom stereocenters. The maximum atomic E-state index is 13.0. The Morgan fingerprint density at radius 1 is 1.18 bits per heavy atom. The highest BCUT2D eigenvalue weighted by Crippen LogP contribution is 2.48. The Kier molecular flexibility index (Phi) is 6.39. The van der Waals surface area contributed by atoms with E-state index in [4.69, 9.17) is 16.3 Å². The third kappa shape index (κ3) is 4.78. The molecule has 0 N–H and O–H groups in total. The second-order valence-electron chi connectivity index (χ2n) is 10.1. The molecule has 8 nitrogen and oxygen atoms in total. The molecule has 3 aliphatic rings. The van der Waals surface area contributed by atoms with Gasteiger partial charge in [0.1, 0.15) is 6.33 Å². The van der Waals surface area contributed by atoms with Crippen LogP contribution < -0.4 is 0 Å². The molecule has 1 saturated carbocycles. The van der Waals surface area contributed by atoms with Gasteiger partial charge < -0.3 is 9.64 Å². The van der Waals surface area contributed by atoms with Gasteiger partial charge in [-0.05, 0) is 42.7 Å². The SMILES string of the molecule is Cc1cc(Cl)cc(-c2ncnc3cc(CN4C(=O)C5CC5C4=O)sc23)c1C[C@@H]1CN(C(=O)C(F)(F)F)CCO1. The van der Waals surface area contributed by atoms with Crippen LogP contribution in [0.15, 0.2) is 24.5 Å². The van der Waals surface area contributed by atoms with Crippen LogP contribution in [0.5, 0.6) is 0 Å². The zero-order valence-electron chi connectivity index (χ0n) is 20.6. The third-order valence-electron chi connectivity index (χ3n) is 7.43. The first-order valence-electron chi connectivity index (χ1n) is 12.4. The number of thiophene rings is 1. The van der Waals surface area contributed by atoms with E-state index in [0.717, 1.165) is 25.6 Å². The van der Waals surface area contributed by atoms with Crippen molar-refractivity contribution in [2.45, 2.75) is 38.6 Å². The number of morpholine rings is 1. The van der Waals surface area contributed by atoms with Crippen molar-refractivity contribution >= 4 is 50.9 Å². The van der Waals surface area contributed by atoms with Gasteiger partial charge in [-0.15, -0.1) is 11.3 Å². The molecule has 1 aromatic carbocycles. The van der Waals surface area contributed by atoms with Gasteiger partial charge in [0, 0.05) is 35.0 Å². The van der Waals surface area contributed by atoms with Crippen LogP contribution >= 0.6 is 22.9 Å². The van der Waals surface area contributed by atoms with Crippen LogP contribution in [0.3, 0.4) is 0 Å². The first-order valence-corrected chi connectivity index (χ1v) is 13.6. The molecule has 6 rings (SSSR count). The summed E-state index contributed by atoms with van der Waals surface area (Å²) >= 11 is 7.79. The number of hydrogen-bond donors (Lipinski definition) is 0. The van der Waals surface area contributed by atoms with Gasteiger partial charge in [0.25, 0.3) is 0 Å². The lowest BCUT2D eigenvalue weighted by Gasteiger charge is -2.34. The Hall–Kier alpha value is -3.09. The Balaban J connectivity index is 1.32. The molecule has 204 valence electrons. The molecule has 4 heterocycles. The van der Waals surface area contributed by atoms with Gasteiger partial charge in [-0.3, -0.25) is 19.3 Å². The Bertz CT molecular complexity index is 1510. The molecule has 3 amide bonds.